The molecule has 0 saturated carbocycles. The Labute approximate surface area is 107 Å². The number of hydrogen-bond donors (Lipinski definition) is 0. The summed E-state index contributed by atoms with van der Waals surface area (Å²) < 4.78 is 80.8. The monoisotopic (exact) mass is 293 g/mol. The highest BCUT2D eigenvalue weighted by atomic mass is 19.4. The van der Waals surface area contributed by atoms with Crippen molar-refractivity contribution in [2.75, 3.05) is 13.1 Å². The summed E-state index contributed by atoms with van der Waals surface area (Å²) in [7, 11) is 0. The van der Waals surface area contributed by atoms with E-state index in [0.717, 1.165) is 0 Å². The third kappa shape index (κ3) is 3.53. The number of hydrogen-bond acceptors (Lipinski definition) is 2. The van der Waals surface area contributed by atoms with Gasteiger partial charge in [0, 0.05) is 0 Å². The fraction of sp³-hybridized carbons (Fsp3) is 1.00. The largest absolute Gasteiger partial charge is 0.425 e. The Morgan fingerprint density at radius 1 is 1.11 bits per heavy atom. The topological polar surface area (TPSA) is 12.5 Å². The van der Waals surface area contributed by atoms with Gasteiger partial charge in [-0.15, -0.1) is 0 Å². The van der Waals surface area contributed by atoms with Gasteiger partial charge in [0.25, 0.3) is 6.17 Å². The SMILES string of the molecule is CCN(CC)C1CCC(C(F)(F)C(F)C(F)(F)F)O1. The number of rotatable bonds is 5. The van der Waals surface area contributed by atoms with Gasteiger partial charge in [-0.25, -0.2) is 13.2 Å². The van der Waals surface area contributed by atoms with Crippen molar-refractivity contribution < 1.29 is 31.1 Å². The Balaban J connectivity index is 2.72. The Kier molecular flexibility index (Phi) is 5.11. The van der Waals surface area contributed by atoms with E-state index in [1.807, 2.05) is 0 Å². The van der Waals surface area contributed by atoms with Crippen molar-refractivity contribution >= 4 is 0 Å². The minimum absolute atomic E-state index is 0.173. The molecule has 3 unspecified atom stereocenters. The van der Waals surface area contributed by atoms with E-state index in [-0.39, 0.29) is 12.8 Å². The first-order valence-corrected chi connectivity index (χ1v) is 6.12. The van der Waals surface area contributed by atoms with Crippen LogP contribution in [0.5, 0.6) is 0 Å². The molecule has 19 heavy (non-hydrogen) atoms. The van der Waals surface area contributed by atoms with Crippen LogP contribution in [-0.4, -0.2) is 48.6 Å². The molecule has 0 aromatic rings. The van der Waals surface area contributed by atoms with Crippen molar-refractivity contribution in [3.05, 3.63) is 0 Å². The van der Waals surface area contributed by atoms with Crippen molar-refractivity contribution in [3.63, 3.8) is 0 Å². The molecule has 1 fully saturated rings. The van der Waals surface area contributed by atoms with Crippen LogP contribution in [0.2, 0.25) is 0 Å². The molecule has 1 aliphatic rings. The molecule has 0 N–H and O–H groups in total. The molecule has 8 heteroatoms. The maximum absolute atomic E-state index is 13.4. The summed E-state index contributed by atoms with van der Waals surface area (Å²) in [4.78, 5) is 1.71. The fourth-order valence-electron chi connectivity index (χ4n) is 2.18. The first-order chi connectivity index (χ1) is 8.64. The molecule has 1 saturated heterocycles. The van der Waals surface area contributed by atoms with Crippen molar-refractivity contribution in [1.29, 1.82) is 0 Å². The second-order valence-corrected chi connectivity index (χ2v) is 4.46. The molecule has 1 rings (SSSR count). The summed E-state index contributed by atoms with van der Waals surface area (Å²) in [5.41, 5.74) is 0. The van der Waals surface area contributed by atoms with Gasteiger partial charge >= 0.3 is 12.1 Å². The maximum Gasteiger partial charge on any atom is 0.425 e. The van der Waals surface area contributed by atoms with Gasteiger partial charge in [-0.3, -0.25) is 4.90 Å². The van der Waals surface area contributed by atoms with Crippen LogP contribution in [0.15, 0.2) is 0 Å². The van der Waals surface area contributed by atoms with E-state index in [4.69, 9.17) is 4.74 Å². The lowest BCUT2D eigenvalue weighted by atomic mass is 10.0. The summed E-state index contributed by atoms with van der Waals surface area (Å²) in [6.07, 6.45) is -12.6. The van der Waals surface area contributed by atoms with Crippen LogP contribution < -0.4 is 0 Å². The average molecular weight is 293 g/mol. The Hall–Kier alpha value is -0.500. The van der Waals surface area contributed by atoms with E-state index in [1.165, 1.54) is 0 Å². The number of nitrogens with zero attached hydrogens (tertiary/aromatic N) is 1. The van der Waals surface area contributed by atoms with Gasteiger partial charge in [-0.1, -0.05) is 13.8 Å². The zero-order chi connectivity index (χ0) is 14.8. The van der Waals surface area contributed by atoms with Crippen LogP contribution >= 0.6 is 0 Å². The molecule has 0 amide bonds. The van der Waals surface area contributed by atoms with Crippen molar-refractivity contribution in [1.82, 2.24) is 4.90 Å². The smallest absolute Gasteiger partial charge is 0.354 e. The number of alkyl halides is 6. The van der Waals surface area contributed by atoms with E-state index in [1.54, 1.807) is 18.7 Å². The molecule has 0 bridgehead atoms. The average Bonchev–Trinajstić information content (AvgIpc) is 2.78. The van der Waals surface area contributed by atoms with Crippen molar-refractivity contribution in [3.8, 4) is 0 Å². The molecule has 2 nitrogen and oxygen atoms in total. The van der Waals surface area contributed by atoms with Gasteiger partial charge in [0.05, 0.1) is 0 Å². The Bertz CT molecular complexity index is 291. The van der Waals surface area contributed by atoms with E-state index in [2.05, 4.69) is 0 Å². The first-order valence-electron chi connectivity index (χ1n) is 6.12. The van der Waals surface area contributed by atoms with Gasteiger partial charge in [0.15, 0.2) is 0 Å². The third-order valence-electron chi connectivity index (χ3n) is 3.27. The van der Waals surface area contributed by atoms with Crippen LogP contribution in [-0.2, 0) is 4.74 Å². The molecule has 0 radical (unpaired) electrons. The minimum Gasteiger partial charge on any atom is -0.354 e. The minimum atomic E-state index is -5.58. The molecule has 114 valence electrons. The fourth-order valence-corrected chi connectivity index (χ4v) is 2.18. The highest BCUT2D eigenvalue weighted by Gasteiger charge is 2.62. The molecule has 0 aromatic carbocycles. The quantitative estimate of drug-likeness (QED) is 0.721. The van der Waals surface area contributed by atoms with Crippen LogP contribution in [0.4, 0.5) is 26.3 Å². The van der Waals surface area contributed by atoms with Crippen LogP contribution in [0.1, 0.15) is 26.7 Å². The lowest BCUT2D eigenvalue weighted by Crippen LogP contribution is -2.50. The van der Waals surface area contributed by atoms with E-state index in [0.29, 0.717) is 13.1 Å². The van der Waals surface area contributed by atoms with Crippen molar-refractivity contribution in [2.24, 2.45) is 0 Å². The summed E-state index contributed by atoms with van der Waals surface area (Å²) in [5.74, 6) is -4.56. The summed E-state index contributed by atoms with van der Waals surface area (Å²) in [5, 5.41) is 0. The number of halogens is 6. The molecule has 1 heterocycles. The van der Waals surface area contributed by atoms with E-state index in [9.17, 15) is 26.3 Å². The van der Waals surface area contributed by atoms with Gasteiger partial charge in [0.1, 0.15) is 12.3 Å². The predicted molar refractivity (Wildman–Crippen MR) is 56.7 cm³/mol. The Morgan fingerprint density at radius 2 is 1.63 bits per heavy atom. The van der Waals surface area contributed by atoms with Crippen LogP contribution in [0, 0.1) is 0 Å². The first kappa shape index (κ1) is 16.6. The second kappa shape index (κ2) is 5.87. The lowest BCUT2D eigenvalue weighted by Gasteiger charge is -2.30. The zero-order valence-electron chi connectivity index (χ0n) is 10.7. The number of ether oxygens (including phenoxy) is 1. The van der Waals surface area contributed by atoms with Gasteiger partial charge in [-0.05, 0) is 25.9 Å². The molecule has 0 aliphatic carbocycles. The van der Waals surface area contributed by atoms with Crippen LogP contribution in [0.25, 0.3) is 0 Å². The molecule has 1 aliphatic heterocycles. The standard InChI is InChI=1S/C11H17F6NO/c1-3-18(4-2)8-6-5-7(19-8)10(13,14)9(12)11(15,16)17/h7-9H,3-6H2,1-2H3. The highest BCUT2D eigenvalue weighted by Crippen LogP contribution is 2.42. The molecule has 0 spiro atoms. The van der Waals surface area contributed by atoms with E-state index < -0.39 is 30.6 Å². The molecule has 0 aromatic heterocycles. The summed E-state index contributed by atoms with van der Waals surface area (Å²) in [6, 6.07) is 0. The normalized spacial score (nSPS) is 27.0. The second-order valence-electron chi connectivity index (χ2n) is 4.46. The van der Waals surface area contributed by atoms with Crippen LogP contribution in [0.3, 0.4) is 0 Å². The maximum atomic E-state index is 13.4. The van der Waals surface area contributed by atoms with Gasteiger partial charge < -0.3 is 4.74 Å². The zero-order valence-corrected chi connectivity index (χ0v) is 10.7. The molecular formula is C11H17F6NO. The Morgan fingerprint density at radius 3 is 2.05 bits per heavy atom. The predicted octanol–water partition coefficient (Wildman–Crippen LogP) is 3.37. The molecular weight excluding hydrogens is 276 g/mol. The summed E-state index contributed by atoms with van der Waals surface area (Å²) >= 11 is 0. The van der Waals surface area contributed by atoms with E-state index >= 15 is 0 Å². The third-order valence-corrected chi connectivity index (χ3v) is 3.27. The lowest BCUT2D eigenvalue weighted by molar-refractivity contribution is -0.274. The highest BCUT2D eigenvalue weighted by molar-refractivity contribution is 4.93. The van der Waals surface area contributed by atoms with Gasteiger partial charge in [-0.2, -0.15) is 13.2 Å². The summed E-state index contributed by atoms with van der Waals surface area (Å²) in [6.45, 7) is 4.62. The van der Waals surface area contributed by atoms with Gasteiger partial charge in [0.2, 0.25) is 0 Å². The molecule has 3 atom stereocenters. The van der Waals surface area contributed by atoms with Crippen molar-refractivity contribution in [2.45, 2.75) is 57.3 Å².